The number of nitriles is 1. The Hall–Kier alpha value is -2.84. The fourth-order valence-corrected chi connectivity index (χ4v) is 3.48. The standard InChI is InChI=1S/C29H39NO4/c1-3-24(2)32-21-11-9-7-5-4-6-8-10-12-22-33-27-19-15-26(16-20-27)29(31)34-28-17-13-25(23-30)14-18-28/h13-20,24H,3-12,21-22H2,1-2H3. The van der Waals surface area contributed by atoms with Crippen LogP contribution < -0.4 is 9.47 Å². The summed E-state index contributed by atoms with van der Waals surface area (Å²) >= 11 is 0. The van der Waals surface area contributed by atoms with Gasteiger partial charge in [0.2, 0.25) is 0 Å². The predicted molar refractivity (Wildman–Crippen MR) is 135 cm³/mol. The number of hydrogen-bond acceptors (Lipinski definition) is 5. The van der Waals surface area contributed by atoms with Crippen LogP contribution in [-0.2, 0) is 4.74 Å². The summed E-state index contributed by atoms with van der Waals surface area (Å²) in [5, 5.41) is 8.82. The molecule has 2 aromatic carbocycles. The SMILES string of the molecule is CCC(C)OCCCCCCCCCCCOc1ccc(C(=O)Oc2ccc(C#N)cc2)cc1. The average Bonchev–Trinajstić information content (AvgIpc) is 2.87. The maximum absolute atomic E-state index is 12.3. The minimum atomic E-state index is -0.435. The number of hydrogen-bond donors (Lipinski definition) is 0. The molecule has 184 valence electrons. The first-order valence-corrected chi connectivity index (χ1v) is 12.7. The summed E-state index contributed by atoms with van der Waals surface area (Å²) < 4.78 is 16.8. The molecule has 2 aromatic rings. The summed E-state index contributed by atoms with van der Waals surface area (Å²) in [7, 11) is 0. The fraction of sp³-hybridized carbons (Fsp3) is 0.517. The van der Waals surface area contributed by atoms with Gasteiger partial charge in [0, 0.05) is 6.61 Å². The Balaban J connectivity index is 1.48. The number of carbonyl (C=O) groups is 1. The van der Waals surface area contributed by atoms with Gasteiger partial charge in [-0.05, 0) is 74.7 Å². The van der Waals surface area contributed by atoms with Crippen molar-refractivity contribution in [3.05, 3.63) is 59.7 Å². The van der Waals surface area contributed by atoms with E-state index in [-0.39, 0.29) is 0 Å². The van der Waals surface area contributed by atoms with Gasteiger partial charge in [-0.3, -0.25) is 0 Å². The van der Waals surface area contributed by atoms with Crippen molar-refractivity contribution in [1.82, 2.24) is 0 Å². The Bertz CT molecular complexity index is 855. The molecule has 0 aliphatic heterocycles. The van der Waals surface area contributed by atoms with Gasteiger partial charge < -0.3 is 14.2 Å². The van der Waals surface area contributed by atoms with Crippen LogP contribution in [-0.4, -0.2) is 25.3 Å². The van der Waals surface area contributed by atoms with Crippen LogP contribution in [0.2, 0.25) is 0 Å². The molecule has 2 rings (SSSR count). The van der Waals surface area contributed by atoms with Gasteiger partial charge in [0.25, 0.3) is 0 Å². The summed E-state index contributed by atoms with van der Waals surface area (Å²) in [5.74, 6) is 0.735. The van der Waals surface area contributed by atoms with Gasteiger partial charge in [0.1, 0.15) is 11.5 Å². The average molecular weight is 466 g/mol. The van der Waals surface area contributed by atoms with Crippen molar-refractivity contribution in [2.75, 3.05) is 13.2 Å². The minimum absolute atomic E-state index is 0.397. The summed E-state index contributed by atoms with van der Waals surface area (Å²) in [5.41, 5.74) is 0.982. The van der Waals surface area contributed by atoms with Gasteiger partial charge in [-0.25, -0.2) is 4.79 Å². The quantitative estimate of drug-likeness (QED) is 0.138. The lowest BCUT2D eigenvalue weighted by atomic mass is 10.1. The van der Waals surface area contributed by atoms with E-state index in [1.165, 1.54) is 51.4 Å². The monoisotopic (exact) mass is 465 g/mol. The number of unbranched alkanes of at least 4 members (excludes halogenated alkanes) is 8. The molecule has 1 atom stereocenters. The third-order valence-corrected chi connectivity index (χ3v) is 5.82. The Kier molecular flexibility index (Phi) is 13.5. The molecular formula is C29H39NO4. The Labute approximate surface area is 205 Å². The van der Waals surface area contributed by atoms with E-state index >= 15 is 0 Å². The van der Waals surface area contributed by atoms with Gasteiger partial charge >= 0.3 is 5.97 Å². The van der Waals surface area contributed by atoms with E-state index in [0.29, 0.717) is 29.6 Å². The second-order valence-corrected chi connectivity index (χ2v) is 8.67. The lowest BCUT2D eigenvalue weighted by Crippen LogP contribution is -2.08. The molecule has 0 aliphatic carbocycles. The molecular weight excluding hydrogens is 426 g/mol. The largest absolute Gasteiger partial charge is 0.494 e. The Morgan fingerprint density at radius 1 is 0.794 bits per heavy atom. The van der Waals surface area contributed by atoms with Crippen LogP contribution in [0.15, 0.2) is 48.5 Å². The molecule has 0 saturated carbocycles. The second-order valence-electron chi connectivity index (χ2n) is 8.67. The van der Waals surface area contributed by atoms with Crippen LogP contribution in [0.3, 0.4) is 0 Å². The summed E-state index contributed by atoms with van der Waals surface area (Å²) in [6, 6.07) is 15.5. The van der Waals surface area contributed by atoms with Gasteiger partial charge in [0.15, 0.2) is 0 Å². The molecule has 0 radical (unpaired) electrons. The number of nitrogens with zero attached hydrogens (tertiary/aromatic N) is 1. The highest BCUT2D eigenvalue weighted by molar-refractivity contribution is 5.91. The molecule has 0 fully saturated rings. The molecule has 34 heavy (non-hydrogen) atoms. The van der Waals surface area contributed by atoms with Crippen LogP contribution in [0.5, 0.6) is 11.5 Å². The highest BCUT2D eigenvalue weighted by Gasteiger charge is 2.09. The molecule has 5 heteroatoms. The van der Waals surface area contributed by atoms with E-state index in [4.69, 9.17) is 19.5 Å². The lowest BCUT2D eigenvalue weighted by Gasteiger charge is -2.10. The van der Waals surface area contributed by atoms with E-state index in [0.717, 1.165) is 25.2 Å². The molecule has 5 nitrogen and oxygen atoms in total. The maximum Gasteiger partial charge on any atom is 0.343 e. The Morgan fingerprint density at radius 3 is 1.88 bits per heavy atom. The highest BCUT2D eigenvalue weighted by atomic mass is 16.5. The van der Waals surface area contributed by atoms with Gasteiger partial charge in [-0.1, -0.05) is 51.9 Å². The van der Waals surface area contributed by atoms with Crippen molar-refractivity contribution in [3.8, 4) is 17.6 Å². The molecule has 0 bridgehead atoms. The lowest BCUT2D eigenvalue weighted by molar-refractivity contribution is 0.0607. The number of ether oxygens (including phenoxy) is 3. The zero-order chi connectivity index (χ0) is 24.4. The summed E-state index contributed by atoms with van der Waals surface area (Å²) in [6.45, 7) is 5.89. The molecule has 0 amide bonds. The van der Waals surface area contributed by atoms with Crippen molar-refractivity contribution in [3.63, 3.8) is 0 Å². The van der Waals surface area contributed by atoms with Crippen LogP contribution in [0.1, 0.15) is 94.0 Å². The van der Waals surface area contributed by atoms with Crippen LogP contribution in [0.25, 0.3) is 0 Å². The van der Waals surface area contributed by atoms with Gasteiger partial charge in [0.05, 0.1) is 29.9 Å². The van der Waals surface area contributed by atoms with E-state index in [1.54, 1.807) is 48.5 Å². The minimum Gasteiger partial charge on any atom is -0.494 e. The Morgan fingerprint density at radius 2 is 1.32 bits per heavy atom. The van der Waals surface area contributed by atoms with Crippen molar-refractivity contribution >= 4 is 5.97 Å². The zero-order valence-electron chi connectivity index (χ0n) is 20.8. The zero-order valence-corrected chi connectivity index (χ0v) is 20.8. The predicted octanol–water partition coefficient (Wildman–Crippen LogP) is 7.48. The summed E-state index contributed by atoms with van der Waals surface area (Å²) in [6.07, 6.45) is 12.6. The third-order valence-electron chi connectivity index (χ3n) is 5.82. The van der Waals surface area contributed by atoms with Gasteiger partial charge in [-0.15, -0.1) is 0 Å². The van der Waals surface area contributed by atoms with Crippen molar-refractivity contribution in [1.29, 1.82) is 5.26 Å². The smallest absolute Gasteiger partial charge is 0.343 e. The van der Waals surface area contributed by atoms with Crippen LogP contribution in [0.4, 0.5) is 0 Å². The topological polar surface area (TPSA) is 68.6 Å². The molecule has 0 aliphatic rings. The van der Waals surface area contributed by atoms with Crippen LogP contribution >= 0.6 is 0 Å². The first kappa shape index (κ1) is 27.4. The fourth-order valence-electron chi connectivity index (χ4n) is 3.48. The molecule has 0 aromatic heterocycles. The van der Waals surface area contributed by atoms with Crippen molar-refractivity contribution in [2.45, 2.75) is 84.2 Å². The first-order valence-electron chi connectivity index (χ1n) is 12.7. The van der Waals surface area contributed by atoms with Crippen molar-refractivity contribution < 1.29 is 19.0 Å². The van der Waals surface area contributed by atoms with E-state index in [2.05, 4.69) is 13.8 Å². The van der Waals surface area contributed by atoms with Crippen molar-refractivity contribution in [2.24, 2.45) is 0 Å². The second kappa shape index (κ2) is 16.7. The summed E-state index contributed by atoms with van der Waals surface area (Å²) in [4.78, 5) is 12.3. The number of esters is 1. The molecule has 0 N–H and O–H groups in total. The normalized spacial score (nSPS) is 11.6. The van der Waals surface area contributed by atoms with Crippen LogP contribution in [0, 0.1) is 11.3 Å². The van der Waals surface area contributed by atoms with E-state index in [9.17, 15) is 4.79 Å². The van der Waals surface area contributed by atoms with Gasteiger partial charge in [-0.2, -0.15) is 5.26 Å². The van der Waals surface area contributed by atoms with E-state index in [1.807, 2.05) is 6.07 Å². The molecule has 0 heterocycles. The molecule has 0 spiro atoms. The molecule has 1 unspecified atom stereocenters. The number of rotatable bonds is 17. The highest BCUT2D eigenvalue weighted by Crippen LogP contribution is 2.17. The first-order chi connectivity index (χ1) is 16.6. The maximum atomic E-state index is 12.3. The third kappa shape index (κ3) is 11.3. The molecule has 0 saturated heterocycles. The number of benzene rings is 2. The number of carbonyl (C=O) groups excluding carboxylic acids is 1. The van der Waals surface area contributed by atoms with E-state index < -0.39 is 5.97 Å².